The molecule has 1 fully saturated rings. The number of hydrogen-bond acceptors (Lipinski definition) is 7. The lowest BCUT2D eigenvalue weighted by Crippen LogP contribution is -2.27. The average molecular weight is 371 g/mol. The number of ketones is 1. The fourth-order valence-corrected chi connectivity index (χ4v) is 3.27. The molecule has 2 aromatic rings. The number of aromatic nitrogens is 1. The number of nitrogens with zero attached hydrogens (tertiary/aromatic N) is 2. The lowest BCUT2D eigenvalue weighted by molar-refractivity contribution is -0.124. The summed E-state index contributed by atoms with van der Waals surface area (Å²) in [5.74, 6) is 0.0532. The van der Waals surface area contributed by atoms with Crippen molar-refractivity contribution < 1.29 is 19.1 Å². The maximum Gasteiger partial charge on any atom is 0.255 e. The van der Waals surface area contributed by atoms with Gasteiger partial charge in [0.05, 0.1) is 16.5 Å². The number of nitrogens with one attached hydrogen (secondary N) is 1. The standard InChI is InChI=1S/C18H17N3O4S/c1-10(2)25-14-5-11(3-4-12(14)7-19)16-8-20-18(26-16)21-17(23)15-6-13(22)9-24-15/h3-5,8,10,15H,6,9H2,1-2H3,(H,20,21,23). The van der Waals surface area contributed by atoms with Crippen LogP contribution in [-0.4, -0.2) is 35.5 Å². The molecule has 8 heteroatoms. The Bertz CT molecular complexity index is 885. The number of anilines is 1. The first kappa shape index (κ1) is 18.0. The van der Waals surface area contributed by atoms with Gasteiger partial charge in [-0.25, -0.2) is 4.98 Å². The maximum absolute atomic E-state index is 12.1. The molecule has 1 aliphatic heterocycles. The quantitative estimate of drug-likeness (QED) is 0.867. The normalized spacial score (nSPS) is 16.5. The number of rotatable bonds is 5. The van der Waals surface area contributed by atoms with Crippen LogP contribution < -0.4 is 10.1 Å². The number of thiazole rings is 1. The van der Waals surface area contributed by atoms with E-state index in [9.17, 15) is 14.9 Å². The van der Waals surface area contributed by atoms with Crippen LogP contribution in [0.4, 0.5) is 5.13 Å². The van der Waals surface area contributed by atoms with E-state index >= 15 is 0 Å². The Labute approximate surface area is 154 Å². The van der Waals surface area contributed by atoms with Crippen LogP contribution in [0.2, 0.25) is 0 Å². The van der Waals surface area contributed by atoms with E-state index in [1.165, 1.54) is 11.3 Å². The van der Waals surface area contributed by atoms with E-state index in [2.05, 4.69) is 16.4 Å². The van der Waals surface area contributed by atoms with E-state index in [4.69, 9.17) is 9.47 Å². The topological polar surface area (TPSA) is 101 Å². The third-order valence-electron chi connectivity index (χ3n) is 3.64. The molecule has 0 saturated carbocycles. The highest BCUT2D eigenvalue weighted by molar-refractivity contribution is 7.19. The van der Waals surface area contributed by atoms with Crippen LogP contribution in [-0.2, 0) is 14.3 Å². The van der Waals surface area contributed by atoms with Gasteiger partial charge < -0.3 is 9.47 Å². The van der Waals surface area contributed by atoms with E-state index in [0.29, 0.717) is 16.4 Å². The van der Waals surface area contributed by atoms with Crippen molar-refractivity contribution in [3.8, 4) is 22.3 Å². The first-order valence-electron chi connectivity index (χ1n) is 8.07. The van der Waals surface area contributed by atoms with Gasteiger partial charge in [-0.05, 0) is 31.5 Å². The number of carbonyl (C=O) groups excluding carboxylic acids is 2. The smallest absolute Gasteiger partial charge is 0.255 e. The number of hydrogen-bond donors (Lipinski definition) is 1. The number of Topliss-reactive ketones (excluding diaryl/α,β-unsaturated/α-hetero) is 1. The second-order valence-corrected chi connectivity index (χ2v) is 7.08. The van der Waals surface area contributed by atoms with Crippen LogP contribution in [0.15, 0.2) is 24.4 Å². The zero-order chi connectivity index (χ0) is 18.7. The summed E-state index contributed by atoms with van der Waals surface area (Å²) in [7, 11) is 0. The van der Waals surface area contributed by atoms with E-state index < -0.39 is 6.10 Å². The van der Waals surface area contributed by atoms with Crippen molar-refractivity contribution in [2.45, 2.75) is 32.5 Å². The fraction of sp³-hybridized carbons (Fsp3) is 0.333. The van der Waals surface area contributed by atoms with Crippen molar-refractivity contribution in [2.75, 3.05) is 11.9 Å². The van der Waals surface area contributed by atoms with E-state index in [-0.39, 0.29) is 30.8 Å². The summed E-state index contributed by atoms with van der Waals surface area (Å²) in [5, 5.41) is 12.3. The Hall–Kier alpha value is -2.76. The highest BCUT2D eigenvalue weighted by atomic mass is 32.1. The summed E-state index contributed by atoms with van der Waals surface area (Å²) < 4.78 is 10.8. The molecule has 1 aliphatic rings. The van der Waals surface area contributed by atoms with Gasteiger partial charge in [-0.2, -0.15) is 5.26 Å². The van der Waals surface area contributed by atoms with Gasteiger partial charge in [0.2, 0.25) is 0 Å². The molecular weight excluding hydrogens is 354 g/mol. The third-order valence-corrected chi connectivity index (χ3v) is 4.60. The van der Waals surface area contributed by atoms with Crippen LogP contribution in [0.5, 0.6) is 5.75 Å². The molecule has 1 atom stereocenters. The first-order valence-corrected chi connectivity index (χ1v) is 8.89. The number of benzene rings is 1. The van der Waals surface area contributed by atoms with Crippen LogP contribution in [0.25, 0.3) is 10.4 Å². The zero-order valence-electron chi connectivity index (χ0n) is 14.3. The zero-order valence-corrected chi connectivity index (χ0v) is 15.1. The van der Waals surface area contributed by atoms with Crippen molar-refractivity contribution in [2.24, 2.45) is 0 Å². The molecule has 1 aromatic carbocycles. The van der Waals surface area contributed by atoms with Crippen LogP contribution in [0.1, 0.15) is 25.8 Å². The highest BCUT2D eigenvalue weighted by Gasteiger charge is 2.29. The molecule has 1 unspecified atom stereocenters. The van der Waals surface area contributed by atoms with Crippen LogP contribution >= 0.6 is 11.3 Å². The highest BCUT2D eigenvalue weighted by Crippen LogP contribution is 2.33. The maximum atomic E-state index is 12.1. The Morgan fingerprint density at radius 1 is 1.50 bits per heavy atom. The van der Waals surface area contributed by atoms with Crippen LogP contribution in [0.3, 0.4) is 0 Å². The number of carbonyl (C=O) groups is 2. The van der Waals surface area contributed by atoms with Gasteiger partial charge in [0.15, 0.2) is 10.9 Å². The summed E-state index contributed by atoms with van der Waals surface area (Å²) in [4.78, 5) is 28.3. The molecule has 2 heterocycles. The minimum absolute atomic E-state index is 0.0227. The number of nitriles is 1. The molecule has 7 nitrogen and oxygen atoms in total. The number of ether oxygens (including phenoxy) is 2. The molecule has 0 bridgehead atoms. The largest absolute Gasteiger partial charge is 0.490 e. The minimum Gasteiger partial charge on any atom is -0.490 e. The molecule has 134 valence electrons. The molecule has 0 spiro atoms. The van der Waals surface area contributed by atoms with Gasteiger partial charge in [0.25, 0.3) is 5.91 Å². The molecule has 3 rings (SSSR count). The van der Waals surface area contributed by atoms with E-state index in [1.807, 2.05) is 19.9 Å². The van der Waals surface area contributed by atoms with Gasteiger partial charge >= 0.3 is 0 Å². The molecule has 1 N–H and O–H groups in total. The van der Waals surface area contributed by atoms with E-state index in [1.54, 1.807) is 18.3 Å². The monoisotopic (exact) mass is 371 g/mol. The summed E-state index contributed by atoms with van der Waals surface area (Å²) in [5.41, 5.74) is 1.30. The SMILES string of the molecule is CC(C)Oc1cc(-c2cnc(NC(=O)C3CC(=O)CO3)s2)ccc1C#N. The minimum atomic E-state index is -0.754. The van der Waals surface area contributed by atoms with E-state index in [0.717, 1.165) is 10.4 Å². The van der Waals surface area contributed by atoms with Crippen molar-refractivity contribution in [3.63, 3.8) is 0 Å². The van der Waals surface area contributed by atoms with Gasteiger partial charge in [0.1, 0.15) is 24.5 Å². The van der Waals surface area contributed by atoms with Crippen LogP contribution in [0, 0.1) is 11.3 Å². The molecule has 26 heavy (non-hydrogen) atoms. The predicted octanol–water partition coefficient (Wildman–Crippen LogP) is 2.77. The first-order chi connectivity index (χ1) is 12.5. The molecular formula is C18H17N3O4S. The molecule has 0 aliphatic carbocycles. The second-order valence-electron chi connectivity index (χ2n) is 6.05. The Kier molecular flexibility index (Phi) is 5.30. The summed E-state index contributed by atoms with van der Waals surface area (Å²) in [6.07, 6.45) is 0.926. The molecule has 1 saturated heterocycles. The molecule has 1 amide bonds. The Morgan fingerprint density at radius 2 is 2.31 bits per heavy atom. The Morgan fingerprint density at radius 3 is 2.96 bits per heavy atom. The van der Waals surface area contributed by atoms with Gasteiger partial charge in [-0.1, -0.05) is 17.4 Å². The van der Waals surface area contributed by atoms with Gasteiger partial charge in [0, 0.05) is 12.6 Å². The molecule has 0 radical (unpaired) electrons. The fourth-order valence-electron chi connectivity index (χ4n) is 2.46. The third kappa shape index (κ3) is 4.07. The lowest BCUT2D eigenvalue weighted by Gasteiger charge is -2.12. The average Bonchev–Trinajstić information content (AvgIpc) is 3.23. The summed E-state index contributed by atoms with van der Waals surface area (Å²) >= 11 is 1.29. The Balaban J connectivity index is 1.76. The summed E-state index contributed by atoms with van der Waals surface area (Å²) in [6, 6.07) is 7.40. The lowest BCUT2D eigenvalue weighted by atomic mass is 10.1. The number of amides is 1. The summed E-state index contributed by atoms with van der Waals surface area (Å²) in [6.45, 7) is 3.76. The van der Waals surface area contributed by atoms with Crippen molar-refractivity contribution in [1.82, 2.24) is 4.98 Å². The van der Waals surface area contributed by atoms with Crippen molar-refractivity contribution in [3.05, 3.63) is 30.0 Å². The van der Waals surface area contributed by atoms with Gasteiger partial charge in [-0.3, -0.25) is 14.9 Å². The van der Waals surface area contributed by atoms with Gasteiger partial charge in [-0.15, -0.1) is 0 Å². The molecule has 1 aromatic heterocycles. The second kappa shape index (κ2) is 7.64. The predicted molar refractivity (Wildman–Crippen MR) is 96.0 cm³/mol. The van der Waals surface area contributed by atoms with Crippen molar-refractivity contribution >= 4 is 28.2 Å². The van der Waals surface area contributed by atoms with Crippen molar-refractivity contribution in [1.29, 1.82) is 5.26 Å².